The summed E-state index contributed by atoms with van der Waals surface area (Å²) in [5.74, 6) is -0.112. The summed E-state index contributed by atoms with van der Waals surface area (Å²) >= 11 is 0. The first kappa shape index (κ1) is 21.8. The van der Waals surface area contributed by atoms with Crippen LogP contribution in [0.25, 0.3) is 0 Å². The number of rotatable bonds is 5. The predicted molar refractivity (Wildman–Crippen MR) is 86.6 cm³/mol. The van der Waals surface area contributed by atoms with Gasteiger partial charge in [-0.05, 0) is 13.5 Å². The second kappa shape index (κ2) is 8.27. The van der Waals surface area contributed by atoms with Gasteiger partial charge in [0.25, 0.3) is 0 Å². The summed E-state index contributed by atoms with van der Waals surface area (Å²) in [6.45, 7) is 6.69. The molecule has 0 spiro atoms. The summed E-state index contributed by atoms with van der Waals surface area (Å²) in [4.78, 5) is 24.6. The molecule has 0 aromatic heterocycles. The van der Waals surface area contributed by atoms with Gasteiger partial charge in [0, 0.05) is 24.9 Å². The van der Waals surface area contributed by atoms with E-state index in [1.807, 2.05) is 0 Å². The normalized spacial score (nSPS) is 35.8. The fourth-order valence-corrected chi connectivity index (χ4v) is 4.73. The molecule has 3 aliphatic rings. The van der Waals surface area contributed by atoms with Crippen LogP contribution in [0.1, 0.15) is 33.6 Å². The van der Waals surface area contributed by atoms with Gasteiger partial charge in [-0.25, -0.2) is 6.04 Å². The molecule has 1 aliphatic heterocycles. The van der Waals surface area contributed by atoms with Gasteiger partial charge in [0.2, 0.25) is 0 Å². The van der Waals surface area contributed by atoms with E-state index in [4.69, 9.17) is 14.2 Å². The Bertz CT molecular complexity index is 520. The largest absolute Gasteiger partial charge is 1.00 e. The Balaban J connectivity index is 0.00000225. The Morgan fingerprint density at radius 3 is 2.52 bits per heavy atom. The van der Waals surface area contributed by atoms with Crippen molar-refractivity contribution in [3.8, 4) is 0 Å². The number of carbonyl (C=O) groups excluding carboxylic acids is 2. The van der Waals surface area contributed by atoms with E-state index >= 15 is 0 Å². The SMILES string of the molecule is CN[C-](CC(C)(C)C)C(=O)OC1C2CC(C1OC)C1C(=O)OCC21.[Rb+]. The third-order valence-corrected chi connectivity index (χ3v) is 5.65. The zero-order valence-corrected chi connectivity index (χ0v) is 21.0. The number of carbonyl (C=O) groups is 2. The smallest absolute Gasteiger partial charge is 0.480 e. The number of nitrogens with one attached hydrogen (secondary N) is 1. The van der Waals surface area contributed by atoms with Crippen LogP contribution in [-0.4, -0.2) is 44.9 Å². The molecule has 6 nitrogen and oxygen atoms in total. The minimum Gasteiger partial charge on any atom is -0.480 e. The van der Waals surface area contributed by atoms with E-state index < -0.39 is 0 Å². The summed E-state index contributed by atoms with van der Waals surface area (Å²) in [7, 11) is 3.37. The third-order valence-electron chi connectivity index (χ3n) is 5.65. The fraction of sp³-hybridized carbons (Fsp3) is 0.833. The van der Waals surface area contributed by atoms with Crippen LogP contribution in [0.5, 0.6) is 0 Å². The summed E-state index contributed by atoms with van der Waals surface area (Å²) in [6.07, 6.45) is 0.967. The minimum atomic E-state index is -0.311. The van der Waals surface area contributed by atoms with Crippen molar-refractivity contribution in [1.29, 1.82) is 0 Å². The zero-order chi connectivity index (χ0) is 17.6. The molecule has 0 aromatic rings. The molecule has 2 aliphatic carbocycles. The first-order chi connectivity index (χ1) is 11.3. The summed E-state index contributed by atoms with van der Waals surface area (Å²) in [5.41, 5.74) is -0.0104. The van der Waals surface area contributed by atoms with Gasteiger partial charge in [0.15, 0.2) is 5.97 Å². The summed E-state index contributed by atoms with van der Waals surface area (Å²) < 4.78 is 16.7. The van der Waals surface area contributed by atoms with Crippen molar-refractivity contribution < 1.29 is 82.0 Å². The van der Waals surface area contributed by atoms with E-state index in [-0.39, 0.29) is 111 Å². The quantitative estimate of drug-likeness (QED) is 0.430. The van der Waals surface area contributed by atoms with Crippen LogP contribution >= 0.6 is 0 Å². The topological polar surface area (TPSA) is 73.9 Å². The average molecular weight is 424 g/mol. The van der Waals surface area contributed by atoms with E-state index in [0.717, 1.165) is 6.42 Å². The number of ether oxygens (including phenoxy) is 3. The van der Waals surface area contributed by atoms with Crippen molar-refractivity contribution in [1.82, 2.24) is 5.32 Å². The third kappa shape index (κ3) is 4.19. The van der Waals surface area contributed by atoms with Crippen LogP contribution in [0.3, 0.4) is 0 Å². The van der Waals surface area contributed by atoms with Crippen molar-refractivity contribution in [3.05, 3.63) is 6.04 Å². The van der Waals surface area contributed by atoms with Gasteiger partial charge >= 0.3 is 64.2 Å². The summed E-state index contributed by atoms with van der Waals surface area (Å²) in [5, 5.41) is 2.99. The molecule has 1 N–H and O–H groups in total. The van der Waals surface area contributed by atoms with Crippen molar-refractivity contribution in [2.45, 2.75) is 45.8 Å². The number of methoxy groups -OCH3 is 1. The maximum absolute atomic E-state index is 12.6. The van der Waals surface area contributed by atoms with Gasteiger partial charge in [-0.15, -0.1) is 6.42 Å². The van der Waals surface area contributed by atoms with Gasteiger partial charge in [0.1, 0.15) is 6.10 Å². The molecule has 7 heteroatoms. The molecule has 2 bridgehead atoms. The number of hydrogen-bond acceptors (Lipinski definition) is 6. The molecule has 6 atom stereocenters. The molecule has 0 amide bonds. The number of fused-ring (bicyclic) bond motifs is 5. The molecule has 1 heterocycles. The molecule has 136 valence electrons. The average Bonchev–Trinajstić information content (AvgIpc) is 3.15. The maximum Gasteiger partial charge on any atom is 1.00 e. The second-order valence-electron chi connectivity index (χ2n) is 8.42. The molecule has 1 saturated heterocycles. The first-order valence-electron chi connectivity index (χ1n) is 8.71. The molecular formula is C18H28NO5Rb. The Kier molecular flexibility index (Phi) is 7.22. The zero-order valence-electron chi connectivity index (χ0n) is 16.1. The summed E-state index contributed by atoms with van der Waals surface area (Å²) in [6, 6.07) is 0.579. The minimum absolute atomic E-state index is 0. The van der Waals surface area contributed by atoms with Crippen molar-refractivity contribution >= 4 is 11.9 Å². The van der Waals surface area contributed by atoms with Gasteiger partial charge in [-0.1, -0.05) is 26.2 Å². The first-order valence-corrected chi connectivity index (χ1v) is 8.71. The van der Waals surface area contributed by atoms with Crippen LogP contribution in [0.15, 0.2) is 0 Å². The second-order valence-corrected chi connectivity index (χ2v) is 8.42. The van der Waals surface area contributed by atoms with E-state index in [9.17, 15) is 9.59 Å². The van der Waals surface area contributed by atoms with Crippen molar-refractivity contribution in [2.24, 2.45) is 29.1 Å². The standard InChI is InChI=1S/C18H28NO5.Rb/c1-18(2,3)7-12(19-4)16(20)24-15-9-6-10(14(15)22-5)13-11(9)8-23-17(13)21;/h9-11,13-15,19H,6-8H2,1-5H3;/q-1;+1. The van der Waals surface area contributed by atoms with Gasteiger partial charge < -0.3 is 19.5 Å². The van der Waals surface area contributed by atoms with Crippen molar-refractivity contribution in [2.75, 3.05) is 20.8 Å². The van der Waals surface area contributed by atoms with Crippen LogP contribution < -0.4 is 63.5 Å². The Hall–Kier alpha value is 0.535. The monoisotopic (exact) mass is 423 g/mol. The van der Waals surface area contributed by atoms with Gasteiger partial charge in [-0.2, -0.15) is 0 Å². The Labute approximate surface area is 198 Å². The van der Waals surface area contributed by atoms with Gasteiger partial charge in [0.05, 0.1) is 18.6 Å². The fourth-order valence-electron chi connectivity index (χ4n) is 4.73. The van der Waals surface area contributed by atoms with E-state index in [0.29, 0.717) is 19.1 Å². The van der Waals surface area contributed by atoms with Crippen LogP contribution in [0.4, 0.5) is 0 Å². The van der Waals surface area contributed by atoms with E-state index in [1.54, 1.807) is 14.2 Å². The molecule has 3 rings (SSSR count). The molecule has 6 unspecified atom stereocenters. The van der Waals surface area contributed by atoms with Crippen molar-refractivity contribution in [3.63, 3.8) is 0 Å². The van der Waals surface area contributed by atoms with Gasteiger partial charge in [-0.3, -0.25) is 9.59 Å². The maximum atomic E-state index is 12.6. The number of esters is 2. The molecule has 2 saturated carbocycles. The van der Waals surface area contributed by atoms with E-state index in [1.165, 1.54) is 0 Å². The molecular weight excluding hydrogens is 396 g/mol. The van der Waals surface area contributed by atoms with Crippen LogP contribution in [-0.2, 0) is 23.8 Å². The number of likely N-dealkylation sites (N-methyl/N-ethyl adjacent to an activating group) is 1. The molecule has 0 aromatic carbocycles. The number of hydrogen-bond donors (Lipinski definition) is 1. The number of cyclic esters (lactones) is 1. The predicted octanol–water partition coefficient (Wildman–Crippen LogP) is -1.46. The molecule has 0 radical (unpaired) electrons. The van der Waals surface area contributed by atoms with Crippen LogP contribution in [0.2, 0.25) is 0 Å². The Morgan fingerprint density at radius 2 is 1.96 bits per heavy atom. The van der Waals surface area contributed by atoms with Crippen LogP contribution in [0, 0.1) is 35.1 Å². The molecule has 25 heavy (non-hydrogen) atoms. The van der Waals surface area contributed by atoms with E-state index in [2.05, 4.69) is 26.1 Å². The Morgan fingerprint density at radius 1 is 1.28 bits per heavy atom. The molecule has 3 fully saturated rings.